The predicted octanol–water partition coefficient (Wildman–Crippen LogP) is 4.24. The van der Waals surface area contributed by atoms with E-state index in [1.807, 2.05) is 31.2 Å². The summed E-state index contributed by atoms with van der Waals surface area (Å²) in [6, 6.07) is 22.9. The number of carbonyl (C=O) groups excluding carboxylic acids is 1. The van der Waals surface area contributed by atoms with Crippen molar-refractivity contribution in [3.8, 4) is 12.3 Å². The van der Waals surface area contributed by atoms with Gasteiger partial charge in [-0.2, -0.15) is 0 Å². The van der Waals surface area contributed by atoms with Crippen molar-refractivity contribution in [1.82, 2.24) is 4.90 Å². The molecular weight excluding hydrogens is 394 g/mol. The molecule has 3 rings (SSSR count). The van der Waals surface area contributed by atoms with E-state index in [1.165, 1.54) is 0 Å². The lowest BCUT2D eigenvalue weighted by molar-refractivity contribution is 0.0766. The van der Waals surface area contributed by atoms with Gasteiger partial charge in [0.1, 0.15) is 0 Å². The maximum absolute atomic E-state index is 12.9. The third-order valence-corrected chi connectivity index (χ3v) is 6.43. The molecule has 4 nitrogen and oxygen atoms in total. The van der Waals surface area contributed by atoms with Crippen LogP contribution in [-0.4, -0.2) is 25.8 Å². The number of rotatable bonds is 7. The first-order valence-corrected chi connectivity index (χ1v) is 11.2. The zero-order valence-corrected chi connectivity index (χ0v) is 17.6. The van der Waals surface area contributed by atoms with Crippen molar-refractivity contribution in [3.05, 3.63) is 101 Å². The fourth-order valence-electron chi connectivity index (χ4n) is 3.08. The first-order valence-electron chi connectivity index (χ1n) is 9.54. The van der Waals surface area contributed by atoms with Crippen LogP contribution in [0, 0.1) is 19.3 Å². The molecule has 0 aliphatic rings. The van der Waals surface area contributed by atoms with Gasteiger partial charge < -0.3 is 4.90 Å². The highest BCUT2D eigenvalue weighted by Gasteiger charge is 2.18. The van der Waals surface area contributed by atoms with Crippen LogP contribution in [0.25, 0.3) is 0 Å². The number of nitrogens with zero attached hydrogens (tertiary/aromatic N) is 1. The van der Waals surface area contributed by atoms with Crippen molar-refractivity contribution in [2.45, 2.75) is 24.1 Å². The fraction of sp³-hybridized carbons (Fsp3) is 0.160. The van der Waals surface area contributed by atoms with Crippen molar-refractivity contribution >= 4 is 15.7 Å². The molecule has 0 unspecified atom stereocenters. The molecule has 0 heterocycles. The highest BCUT2D eigenvalue weighted by molar-refractivity contribution is 7.90. The van der Waals surface area contributed by atoms with E-state index in [9.17, 15) is 13.2 Å². The van der Waals surface area contributed by atoms with Crippen LogP contribution in [0.4, 0.5) is 0 Å². The highest BCUT2D eigenvalue weighted by atomic mass is 32.2. The van der Waals surface area contributed by atoms with E-state index in [0.29, 0.717) is 17.7 Å². The summed E-state index contributed by atoms with van der Waals surface area (Å²) >= 11 is 0. The molecule has 0 atom stereocenters. The SMILES string of the molecule is C#CCN(Cc1ccc(C)cc1)C(=O)c1ccc(CS(=O)(=O)c2ccccc2)cc1. The zero-order chi connectivity index (χ0) is 21.6. The minimum absolute atomic E-state index is 0.122. The van der Waals surface area contributed by atoms with Gasteiger partial charge >= 0.3 is 0 Å². The Balaban J connectivity index is 1.74. The van der Waals surface area contributed by atoms with Gasteiger partial charge in [-0.15, -0.1) is 6.42 Å². The van der Waals surface area contributed by atoms with Crippen LogP contribution >= 0.6 is 0 Å². The van der Waals surface area contributed by atoms with Crippen LogP contribution in [0.2, 0.25) is 0 Å². The van der Waals surface area contributed by atoms with Gasteiger partial charge in [-0.25, -0.2) is 8.42 Å². The fourth-order valence-corrected chi connectivity index (χ4v) is 4.45. The van der Waals surface area contributed by atoms with E-state index in [2.05, 4.69) is 5.92 Å². The second-order valence-electron chi connectivity index (χ2n) is 7.12. The van der Waals surface area contributed by atoms with Crippen LogP contribution in [0.1, 0.15) is 27.0 Å². The minimum Gasteiger partial charge on any atom is -0.323 e. The second-order valence-corrected chi connectivity index (χ2v) is 9.11. The lowest BCUT2D eigenvalue weighted by Crippen LogP contribution is -2.31. The molecule has 0 N–H and O–H groups in total. The molecule has 0 spiro atoms. The Labute approximate surface area is 178 Å². The molecule has 0 bridgehead atoms. The molecule has 5 heteroatoms. The number of sulfone groups is 1. The van der Waals surface area contributed by atoms with Gasteiger partial charge in [-0.05, 0) is 42.3 Å². The molecule has 0 aliphatic heterocycles. The number of aryl methyl sites for hydroxylation is 1. The van der Waals surface area contributed by atoms with Crippen molar-refractivity contribution in [2.24, 2.45) is 0 Å². The van der Waals surface area contributed by atoms with Gasteiger partial charge in [0.2, 0.25) is 0 Å². The quantitative estimate of drug-likeness (QED) is 0.540. The topological polar surface area (TPSA) is 54.5 Å². The third kappa shape index (κ3) is 5.37. The summed E-state index contributed by atoms with van der Waals surface area (Å²) in [6.07, 6.45) is 5.46. The van der Waals surface area contributed by atoms with Gasteiger partial charge in [-0.1, -0.05) is 66.1 Å². The summed E-state index contributed by atoms with van der Waals surface area (Å²) in [5.74, 6) is 2.23. The normalized spacial score (nSPS) is 10.9. The van der Waals surface area contributed by atoms with Gasteiger partial charge in [0.25, 0.3) is 5.91 Å². The highest BCUT2D eigenvalue weighted by Crippen LogP contribution is 2.18. The molecule has 30 heavy (non-hydrogen) atoms. The van der Waals surface area contributed by atoms with E-state index < -0.39 is 9.84 Å². The molecule has 3 aromatic rings. The van der Waals surface area contributed by atoms with Crippen molar-refractivity contribution in [3.63, 3.8) is 0 Å². The van der Waals surface area contributed by atoms with Crippen molar-refractivity contribution in [2.75, 3.05) is 6.54 Å². The van der Waals surface area contributed by atoms with Crippen LogP contribution in [0.3, 0.4) is 0 Å². The number of hydrogen-bond donors (Lipinski definition) is 0. The van der Waals surface area contributed by atoms with Crippen LogP contribution < -0.4 is 0 Å². The Morgan fingerprint density at radius 3 is 2.10 bits per heavy atom. The Morgan fingerprint density at radius 2 is 1.50 bits per heavy atom. The molecule has 0 saturated carbocycles. The lowest BCUT2D eigenvalue weighted by Gasteiger charge is -2.21. The average Bonchev–Trinajstić information content (AvgIpc) is 2.75. The molecule has 0 aromatic heterocycles. The van der Waals surface area contributed by atoms with E-state index in [-0.39, 0.29) is 23.1 Å². The number of terminal acetylenes is 1. The van der Waals surface area contributed by atoms with Crippen LogP contribution in [-0.2, 0) is 22.1 Å². The largest absolute Gasteiger partial charge is 0.323 e. The molecule has 3 aromatic carbocycles. The molecular formula is C25H23NO3S. The van der Waals surface area contributed by atoms with Gasteiger partial charge in [0, 0.05) is 12.1 Å². The first-order chi connectivity index (χ1) is 14.4. The molecule has 1 amide bonds. The molecule has 0 fully saturated rings. The first kappa shape index (κ1) is 21.4. The molecule has 0 aliphatic carbocycles. The maximum Gasteiger partial charge on any atom is 0.254 e. The smallest absolute Gasteiger partial charge is 0.254 e. The zero-order valence-electron chi connectivity index (χ0n) is 16.8. The standard InChI is InChI=1S/C25H23NO3S/c1-3-17-26(18-21-11-9-20(2)10-12-21)25(27)23-15-13-22(14-16-23)19-30(28,29)24-7-5-4-6-8-24/h1,4-16H,17-19H2,2H3. The molecule has 152 valence electrons. The van der Waals surface area contributed by atoms with E-state index >= 15 is 0 Å². The van der Waals surface area contributed by atoms with E-state index in [1.54, 1.807) is 59.5 Å². The average molecular weight is 418 g/mol. The van der Waals surface area contributed by atoms with E-state index in [0.717, 1.165) is 11.1 Å². The van der Waals surface area contributed by atoms with Gasteiger partial charge in [0.15, 0.2) is 9.84 Å². The van der Waals surface area contributed by atoms with Crippen molar-refractivity contribution in [1.29, 1.82) is 0 Å². The Morgan fingerprint density at radius 1 is 0.900 bits per heavy atom. The maximum atomic E-state index is 12.9. The molecule has 0 saturated heterocycles. The van der Waals surface area contributed by atoms with Crippen LogP contribution in [0.15, 0.2) is 83.8 Å². The minimum atomic E-state index is -3.44. The number of hydrogen-bond acceptors (Lipinski definition) is 3. The van der Waals surface area contributed by atoms with Crippen LogP contribution in [0.5, 0.6) is 0 Å². The Bertz CT molecular complexity index is 1140. The summed E-state index contributed by atoms with van der Waals surface area (Å²) in [5, 5.41) is 0. The Hall–Kier alpha value is -3.36. The predicted molar refractivity (Wildman–Crippen MR) is 119 cm³/mol. The summed E-state index contributed by atoms with van der Waals surface area (Å²) < 4.78 is 25.1. The number of amides is 1. The summed E-state index contributed by atoms with van der Waals surface area (Å²) in [7, 11) is -3.44. The number of benzene rings is 3. The van der Waals surface area contributed by atoms with Gasteiger partial charge in [0.05, 0.1) is 17.2 Å². The number of carbonyl (C=O) groups is 1. The monoisotopic (exact) mass is 417 g/mol. The second kappa shape index (κ2) is 9.43. The lowest BCUT2D eigenvalue weighted by atomic mass is 10.1. The van der Waals surface area contributed by atoms with E-state index in [4.69, 9.17) is 6.42 Å². The summed E-state index contributed by atoms with van der Waals surface area (Å²) in [5.41, 5.74) is 3.24. The molecule has 0 radical (unpaired) electrons. The van der Waals surface area contributed by atoms with Crippen molar-refractivity contribution < 1.29 is 13.2 Å². The summed E-state index contributed by atoms with van der Waals surface area (Å²) in [6.45, 7) is 2.61. The third-order valence-electron chi connectivity index (χ3n) is 4.72. The Kier molecular flexibility index (Phi) is 6.71. The summed E-state index contributed by atoms with van der Waals surface area (Å²) in [4.78, 5) is 14.8. The van der Waals surface area contributed by atoms with Gasteiger partial charge in [-0.3, -0.25) is 4.79 Å².